The smallest absolute Gasteiger partial charge is 0.376 e. The third kappa shape index (κ3) is 5.07. The van der Waals surface area contributed by atoms with Crippen LogP contribution in [0.15, 0.2) is 18.2 Å². The third-order valence-corrected chi connectivity index (χ3v) is 2.32. The Kier molecular flexibility index (Phi) is 4.58. The zero-order valence-corrected chi connectivity index (χ0v) is 10.2. The fourth-order valence-corrected chi connectivity index (χ4v) is 1.36. The van der Waals surface area contributed by atoms with Crippen LogP contribution in [0.1, 0.15) is 11.1 Å². The molecule has 0 saturated carbocycles. The van der Waals surface area contributed by atoms with Crippen molar-refractivity contribution in [3.05, 3.63) is 29.3 Å². The molecule has 1 aromatic rings. The zero-order chi connectivity index (χ0) is 13.8. The van der Waals surface area contributed by atoms with Gasteiger partial charge in [0.05, 0.1) is 6.54 Å². The number of aryl methyl sites for hydroxylation is 2. The van der Waals surface area contributed by atoms with Crippen molar-refractivity contribution >= 4 is 11.6 Å². The lowest BCUT2D eigenvalue weighted by Crippen LogP contribution is -2.37. The van der Waals surface area contributed by atoms with Crippen LogP contribution < -0.4 is 10.6 Å². The molecule has 0 radical (unpaired) electrons. The lowest BCUT2D eigenvalue weighted by atomic mass is 10.1. The molecule has 1 rings (SSSR count). The van der Waals surface area contributed by atoms with Crippen molar-refractivity contribution < 1.29 is 18.0 Å². The standard InChI is InChI=1S/C12H15F3N2O/c1-8-3-4-9(2)10(5-8)16-6-11(18)17-7-12(13,14)15/h3-5,16H,6-7H2,1-2H3,(H,17,18). The number of anilines is 1. The van der Waals surface area contributed by atoms with E-state index in [0.717, 1.165) is 16.8 Å². The number of carbonyl (C=O) groups excluding carboxylic acids is 1. The van der Waals surface area contributed by atoms with Crippen molar-refractivity contribution in [3.8, 4) is 0 Å². The normalized spacial score (nSPS) is 11.2. The summed E-state index contributed by atoms with van der Waals surface area (Å²) in [6.07, 6.45) is -4.38. The molecule has 0 aliphatic rings. The average Bonchev–Trinajstić information content (AvgIpc) is 2.26. The predicted octanol–water partition coefficient (Wildman–Crippen LogP) is 2.39. The fraction of sp³-hybridized carbons (Fsp3) is 0.417. The summed E-state index contributed by atoms with van der Waals surface area (Å²) in [6.45, 7) is 2.27. The molecule has 0 aliphatic carbocycles. The van der Waals surface area contributed by atoms with Crippen molar-refractivity contribution in [2.75, 3.05) is 18.4 Å². The Balaban J connectivity index is 2.45. The third-order valence-electron chi connectivity index (χ3n) is 2.32. The van der Waals surface area contributed by atoms with Gasteiger partial charge in [0, 0.05) is 5.69 Å². The molecule has 18 heavy (non-hydrogen) atoms. The Morgan fingerprint density at radius 2 is 1.94 bits per heavy atom. The van der Waals surface area contributed by atoms with E-state index in [4.69, 9.17) is 0 Å². The van der Waals surface area contributed by atoms with Crippen LogP contribution in [0.3, 0.4) is 0 Å². The van der Waals surface area contributed by atoms with Gasteiger partial charge in [-0.15, -0.1) is 0 Å². The van der Waals surface area contributed by atoms with E-state index < -0.39 is 18.6 Å². The minimum atomic E-state index is -4.38. The van der Waals surface area contributed by atoms with Crippen LogP contribution in [0.2, 0.25) is 0 Å². The van der Waals surface area contributed by atoms with Crippen molar-refractivity contribution in [3.63, 3.8) is 0 Å². The Morgan fingerprint density at radius 3 is 2.56 bits per heavy atom. The van der Waals surface area contributed by atoms with Crippen LogP contribution in [-0.4, -0.2) is 25.2 Å². The Hall–Kier alpha value is -1.72. The second kappa shape index (κ2) is 5.75. The molecule has 0 spiro atoms. The summed E-state index contributed by atoms with van der Waals surface area (Å²) in [5, 5.41) is 4.61. The van der Waals surface area contributed by atoms with Crippen LogP contribution in [0.5, 0.6) is 0 Å². The van der Waals surface area contributed by atoms with Crippen LogP contribution in [0.4, 0.5) is 18.9 Å². The molecular formula is C12H15F3N2O. The molecule has 0 atom stereocenters. The van der Waals surface area contributed by atoms with Gasteiger partial charge in [-0.2, -0.15) is 13.2 Å². The molecule has 0 aliphatic heterocycles. The number of benzene rings is 1. The summed E-state index contributed by atoms with van der Waals surface area (Å²) in [6, 6.07) is 5.64. The van der Waals surface area contributed by atoms with E-state index in [9.17, 15) is 18.0 Å². The van der Waals surface area contributed by atoms with Gasteiger partial charge in [-0.3, -0.25) is 4.79 Å². The molecular weight excluding hydrogens is 245 g/mol. The van der Waals surface area contributed by atoms with Gasteiger partial charge in [0.1, 0.15) is 6.54 Å². The number of amides is 1. The molecule has 1 amide bonds. The molecule has 0 bridgehead atoms. The van der Waals surface area contributed by atoms with E-state index in [2.05, 4.69) is 5.32 Å². The molecule has 0 fully saturated rings. The summed E-state index contributed by atoms with van der Waals surface area (Å²) in [5.41, 5.74) is 2.69. The highest BCUT2D eigenvalue weighted by atomic mass is 19.4. The molecule has 100 valence electrons. The van der Waals surface area contributed by atoms with Crippen molar-refractivity contribution in [1.29, 1.82) is 0 Å². The first-order chi connectivity index (χ1) is 8.28. The minimum Gasteiger partial charge on any atom is -0.376 e. The minimum absolute atomic E-state index is 0.180. The number of carbonyl (C=O) groups is 1. The Morgan fingerprint density at radius 1 is 1.28 bits per heavy atom. The van der Waals surface area contributed by atoms with Crippen LogP contribution in [-0.2, 0) is 4.79 Å². The summed E-state index contributed by atoms with van der Waals surface area (Å²) in [5.74, 6) is -0.687. The van der Waals surface area contributed by atoms with Gasteiger partial charge in [-0.1, -0.05) is 12.1 Å². The number of hydrogen-bond donors (Lipinski definition) is 2. The van der Waals surface area contributed by atoms with Crippen LogP contribution >= 0.6 is 0 Å². The summed E-state index contributed by atoms with van der Waals surface area (Å²) in [4.78, 5) is 11.2. The average molecular weight is 260 g/mol. The molecule has 0 aromatic heterocycles. The maximum Gasteiger partial charge on any atom is 0.405 e. The first-order valence-electron chi connectivity index (χ1n) is 5.42. The maximum atomic E-state index is 11.9. The lowest BCUT2D eigenvalue weighted by Gasteiger charge is -2.11. The SMILES string of the molecule is Cc1ccc(C)c(NCC(=O)NCC(F)(F)F)c1. The highest BCUT2D eigenvalue weighted by Gasteiger charge is 2.27. The van der Waals surface area contributed by atoms with E-state index in [1.165, 1.54) is 0 Å². The van der Waals surface area contributed by atoms with Gasteiger partial charge in [0.15, 0.2) is 0 Å². The molecule has 3 nitrogen and oxygen atoms in total. The highest BCUT2D eigenvalue weighted by molar-refractivity contribution is 5.81. The summed E-state index contributed by atoms with van der Waals surface area (Å²) < 4.78 is 35.6. The van der Waals surface area contributed by atoms with Crippen molar-refractivity contribution in [2.24, 2.45) is 0 Å². The molecule has 2 N–H and O–H groups in total. The molecule has 6 heteroatoms. The monoisotopic (exact) mass is 260 g/mol. The fourth-order valence-electron chi connectivity index (χ4n) is 1.36. The molecule has 0 saturated heterocycles. The number of alkyl halides is 3. The lowest BCUT2D eigenvalue weighted by molar-refractivity contribution is -0.137. The van der Waals surface area contributed by atoms with Gasteiger partial charge < -0.3 is 10.6 Å². The van der Waals surface area contributed by atoms with Crippen LogP contribution in [0.25, 0.3) is 0 Å². The van der Waals surface area contributed by atoms with E-state index in [1.54, 1.807) is 5.32 Å². The Bertz CT molecular complexity index is 430. The van der Waals surface area contributed by atoms with Gasteiger partial charge >= 0.3 is 6.18 Å². The van der Waals surface area contributed by atoms with E-state index in [1.807, 2.05) is 32.0 Å². The predicted molar refractivity (Wildman–Crippen MR) is 63.5 cm³/mol. The van der Waals surface area contributed by atoms with Gasteiger partial charge in [-0.05, 0) is 31.0 Å². The van der Waals surface area contributed by atoms with E-state index in [-0.39, 0.29) is 6.54 Å². The molecule has 1 aromatic carbocycles. The zero-order valence-electron chi connectivity index (χ0n) is 10.2. The molecule has 0 unspecified atom stereocenters. The largest absolute Gasteiger partial charge is 0.405 e. The van der Waals surface area contributed by atoms with Gasteiger partial charge in [0.25, 0.3) is 0 Å². The quantitative estimate of drug-likeness (QED) is 0.872. The first-order valence-corrected chi connectivity index (χ1v) is 5.42. The first kappa shape index (κ1) is 14.3. The summed E-state index contributed by atoms with van der Waals surface area (Å²) in [7, 11) is 0. The van der Waals surface area contributed by atoms with Crippen molar-refractivity contribution in [2.45, 2.75) is 20.0 Å². The Labute approximate surface area is 103 Å². The van der Waals surface area contributed by atoms with Gasteiger partial charge in [0.2, 0.25) is 5.91 Å². The number of nitrogens with one attached hydrogen (secondary N) is 2. The van der Waals surface area contributed by atoms with E-state index >= 15 is 0 Å². The second-order valence-electron chi connectivity index (χ2n) is 4.06. The van der Waals surface area contributed by atoms with Crippen LogP contribution in [0, 0.1) is 13.8 Å². The highest BCUT2D eigenvalue weighted by Crippen LogP contribution is 2.16. The molecule has 0 heterocycles. The second-order valence-corrected chi connectivity index (χ2v) is 4.06. The summed E-state index contributed by atoms with van der Waals surface area (Å²) >= 11 is 0. The van der Waals surface area contributed by atoms with Crippen molar-refractivity contribution in [1.82, 2.24) is 5.32 Å². The topological polar surface area (TPSA) is 41.1 Å². The van der Waals surface area contributed by atoms with Gasteiger partial charge in [-0.25, -0.2) is 0 Å². The van der Waals surface area contributed by atoms with E-state index in [0.29, 0.717) is 0 Å². The maximum absolute atomic E-state index is 11.9. The number of hydrogen-bond acceptors (Lipinski definition) is 2. The number of rotatable bonds is 4. The number of halogens is 3.